The van der Waals surface area contributed by atoms with Crippen molar-refractivity contribution in [3.8, 4) is 0 Å². The summed E-state index contributed by atoms with van der Waals surface area (Å²) in [6.07, 6.45) is 4.95. The van der Waals surface area contributed by atoms with Crippen molar-refractivity contribution < 1.29 is 19.5 Å². The third kappa shape index (κ3) is 4.42. The maximum atomic E-state index is 13.0. The Morgan fingerprint density at radius 3 is 2.73 bits per heavy atom. The van der Waals surface area contributed by atoms with E-state index < -0.39 is 5.97 Å². The Hall–Kier alpha value is -2.37. The average Bonchev–Trinajstić information content (AvgIpc) is 3.04. The molecule has 2 aliphatic rings. The lowest BCUT2D eigenvalue weighted by molar-refractivity contribution is -0.137. The predicted molar refractivity (Wildman–Crippen MR) is 96.6 cm³/mol. The number of rotatable bonds is 6. The van der Waals surface area contributed by atoms with Gasteiger partial charge in [0, 0.05) is 44.1 Å². The molecule has 6 heteroatoms. The highest BCUT2D eigenvalue weighted by Gasteiger charge is 2.28. The van der Waals surface area contributed by atoms with E-state index in [1.54, 1.807) is 6.07 Å². The molecule has 26 heavy (non-hydrogen) atoms. The maximum Gasteiger partial charge on any atom is 0.303 e. The summed E-state index contributed by atoms with van der Waals surface area (Å²) >= 11 is 0. The molecule has 2 amide bonds. The lowest BCUT2D eigenvalue weighted by Crippen LogP contribution is -2.44. The van der Waals surface area contributed by atoms with Crippen molar-refractivity contribution in [1.82, 2.24) is 9.80 Å². The summed E-state index contributed by atoms with van der Waals surface area (Å²) in [4.78, 5) is 39.4. The summed E-state index contributed by atoms with van der Waals surface area (Å²) in [5.41, 5.74) is 1.58. The van der Waals surface area contributed by atoms with Gasteiger partial charge < -0.3 is 14.9 Å². The van der Waals surface area contributed by atoms with Crippen LogP contribution in [-0.4, -0.2) is 51.8 Å². The Labute approximate surface area is 153 Å². The number of carbonyl (C=O) groups excluding carboxylic acids is 2. The minimum atomic E-state index is -0.819. The van der Waals surface area contributed by atoms with Crippen LogP contribution in [0.4, 0.5) is 0 Å². The van der Waals surface area contributed by atoms with Crippen LogP contribution < -0.4 is 0 Å². The molecule has 0 saturated carbocycles. The van der Waals surface area contributed by atoms with Crippen LogP contribution in [-0.2, 0) is 16.1 Å². The van der Waals surface area contributed by atoms with Crippen LogP contribution >= 0.6 is 0 Å². The number of nitrogens with zero attached hydrogens (tertiary/aromatic N) is 2. The first kappa shape index (κ1) is 18.4. The quantitative estimate of drug-likeness (QED) is 0.848. The topological polar surface area (TPSA) is 77.9 Å². The van der Waals surface area contributed by atoms with E-state index in [0.29, 0.717) is 31.5 Å². The minimum absolute atomic E-state index is 0.00355. The van der Waals surface area contributed by atoms with E-state index >= 15 is 0 Å². The molecule has 2 fully saturated rings. The summed E-state index contributed by atoms with van der Waals surface area (Å²) in [5, 5.41) is 8.94. The zero-order valence-electron chi connectivity index (χ0n) is 15.0. The van der Waals surface area contributed by atoms with E-state index in [0.717, 1.165) is 37.8 Å². The number of piperidine rings is 1. The summed E-state index contributed by atoms with van der Waals surface area (Å²) < 4.78 is 0. The third-order valence-corrected chi connectivity index (χ3v) is 5.30. The molecule has 0 bridgehead atoms. The molecule has 0 aromatic heterocycles. The monoisotopic (exact) mass is 358 g/mol. The van der Waals surface area contributed by atoms with Crippen LogP contribution in [0.25, 0.3) is 0 Å². The fourth-order valence-corrected chi connectivity index (χ4v) is 3.92. The number of carbonyl (C=O) groups is 3. The standard InChI is InChI=1S/C20H26N2O4/c23-18-8-4-11-21(18)14-15-5-3-6-16(13-15)20(26)22-12-2-1-7-17(22)9-10-19(24)25/h3,5-6,13,17H,1-2,4,7-12,14H2,(H,24,25)/t17-/m1/s1. The molecule has 0 radical (unpaired) electrons. The van der Waals surface area contributed by atoms with Crippen molar-refractivity contribution in [3.05, 3.63) is 35.4 Å². The van der Waals surface area contributed by atoms with Crippen molar-refractivity contribution in [2.45, 2.75) is 57.5 Å². The fraction of sp³-hybridized carbons (Fsp3) is 0.550. The zero-order chi connectivity index (χ0) is 18.5. The Morgan fingerprint density at radius 2 is 2.00 bits per heavy atom. The number of carboxylic acids is 1. The SMILES string of the molecule is O=C(O)CC[C@H]1CCCCN1C(=O)c1cccc(CN2CCCC2=O)c1. The molecule has 1 atom stereocenters. The first-order valence-corrected chi connectivity index (χ1v) is 9.44. The van der Waals surface area contributed by atoms with Gasteiger partial charge in [-0.3, -0.25) is 14.4 Å². The van der Waals surface area contributed by atoms with E-state index in [9.17, 15) is 14.4 Å². The molecule has 3 rings (SSSR count). The fourth-order valence-electron chi connectivity index (χ4n) is 3.92. The number of aliphatic carboxylic acids is 1. The normalized spacial score (nSPS) is 20.5. The molecular formula is C20H26N2O4. The number of carboxylic acid groups (broad SMARTS) is 1. The van der Waals surface area contributed by atoms with Crippen LogP contribution in [0.15, 0.2) is 24.3 Å². The lowest BCUT2D eigenvalue weighted by Gasteiger charge is -2.36. The summed E-state index contributed by atoms with van der Waals surface area (Å²) in [5.74, 6) is -0.679. The Balaban J connectivity index is 1.70. The molecule has 2 heterocycles. The van der Waals surface area contributed by atoms with Gasteiger partial charge in [0.2, 0.25) is 5.91 Å². The second kappa shape index (κ2) is 8.34. The highest BCUT2D eigenvalue weighted by atomic mass is 16.4. The highest BCUT2D eigenvalue weighted by Crippen LogP contribution is 2.24. The van der Waals surface area contributed by atoms with Gasteiger partial charge in [-0.2, -0.15) is 0 Å². The second-order valence-electron chi connectivity index (χ2n) is 7.20. The first-order valence-electron chi connectivity index (χ1n) is 9.44. The van der Waals surface area contributed by atoms with E-state index in [-0.39, 0.29) is 24.3 Å². The van der Waals surface area contributed by atoms with Crippen LogP contribution in [0.3, 0.4) is 0 Å². The van der Waals surface area contributed by atoms with Crippen molar-refractivity contribution in [3.63, 3.8) is 0 Å². The number of hydrogen-bond donors (Lipinski definition) is 1. The van der Waals surface area contributed by atoms with Crippen molar-refractivity contribution in [2.75, 3.05) is 13.1 Å². The third-order valence-electron chi connectivity index (χ3n) is 5.30. The number of amides is 2. The van der Waals surface area contributed by atoms with Crippen molar-refractivity contribution >= 4 is 17.8 Å². The van der Waals surface area contributed by atoms with Gasteiger partial charge >= 0.3 is 5.97 Å². The molecule has 2 saturated heterocycles. The van der Waals surface area contributed by atoms with E-state index in [2.05, 4.69) is 0 Å². The Kier molecular flexibility index (Phi) is 5.91. The number of benzene rings is 1. The average molecular weight is 358 g/mol. The molecule has 1 N–H and O–H groups in total. The highest BCUT2D eigenvalue weighted by molar-refractivity contribution is 5.94. The molecule has 2 aliphatic heterocycles. The van der Waals surface area contributed by atoms with E-state index in [1.165, 1.54) is 0 Å². The molecule has 1 aromatic rings. The minimum Gasteiger partial charge on any atom is -0.481 e. The molecule has 140 valence electrons. The van der Waals surface area contributed by atoms with Gasteiger partial charge in [-0.15, -0.1) is 0 Å². The van der Waals surface area contributed by atoms with E-state index in [4.69, 9.17) is 5.11 Å². The molecule has 0 unspecified atom stereocenters. The second-order valence-corrected chi connectivity index (χ2v) is 7.20. The largest absolute Gasteiger partial charge is 0.481 e. The number of hydrogen-bond acceptors (Lipinski definition) is 3. The summed E-state index contributed by atoms with van der Waals surface area (Å²) in [7, 11) is 0. The van der Waals surface area contributed by atoms with Gasteiger partial charge in [0.25, 0.3) is 5.91 Å². The van der Waals surface area contributed by atoms with Gasteiger partial charge in [-0.05, 0) is 49.8 Å². The first-order chi connectivity index (χ1) is 12.5. The summed E-state index contributed by atoms with van der Waals surface area (Å²) in [6.45, 7) is 2.00. The molecular weight excluding hydrogens is 332 g/mol. The van der Waals surface area contributed by atoms with Crippen molar-refractivity contribution in [1.29, 1.82) is 0 Å². The van der Waals surface area contributed by atoms with Gasteiger partial charge in [0.1, 0.15) is 0 Å². The smallest absolute Gasteiger partial charge is 0.303 e. The molecule has 6 nitrogen and oxygen atoms in total. The van der Waals surface area contributed by atoms with Gasteiger partial charge in [0.05, 0.1) is 0 Å². The predicted octanol–water partition coefficient (Wildman–Crippen LogP) is 2.67. The van der Waals surface area contributed by atoms with Gasteiger partial charge in [0.15, 0.2) is 0 Å². The molecule has 0 aliphatic carbocycles. The zero-order valence-corrected chi connectivity index (χ0v) is 15.0. The van der Waals surface area contributed by atoms with Gasteiger partial charge in [-0.25, -0.2) is 0 Å². The Morgan fingerprint density at radius 1 is 1.15 bits per heavy atom. The maximum absolute atomic E-state index is 13.0. The van der Waals surface area contributed by atoms with Crippen LogP contribution in [0.5, 0.6) is 0 Å². The molecule has 0 spiro atoms. The van der Waals surface area contributed by atoms with Crippen LogP contribution in [0, 0.1) is 0 Å². The van der Waals surface area contributed by atoms with Crippen LogP contribution in [0.2, 0.25) is 0 Å². The lowest BCUT2D eigenvalue weighted by atomic mass is 9.96. The summed E-state index contributed by atoms with van der Waals surface area (Å²) in [6, 6.07) is 7.48. The number of likely N-dealkylation sites (tertiary alicyclic amines) is 2. The van der Waals surface area contributed by atoms with Crippen molar-refractivity contribution in [2.24, 2.45) is 0 Å². The van der Waals surface area contributed by atoms with Crippen LogP contribution in [0.1, 0.15) is 60.9 Å². The Bertz CT molecular complexity index is 688. The van der Waals surface area contributed by atoms with E-state index in [1.807, 2.05) is 28.0 Å². The molecule has 1 aromatic carbocycles. The van der Waals surface area contributed by atoms with Gasteiger partial charge in [-0.1, -0.05) is 12.1 Å².